The lowest BCUT2D eigenvalue weighted by molar-refractivity contribution is -0.121. The maximum atomic E-state index is 13.4. The van der Waals surface area contributed by atoms with Crippen molar-refractivity contribution in [3.8, 4) is 16.9 Å². The van der Waals surface area contributed by atoms with Gasteiger partial charge in [-0.15, -0.1) is 0 Å². The smallest absolute Gasteiger partial charge is 0.265 e. The van der Waals surface area contributed by atoms with Crippen LogP contribution in [0.1, 0.15) is 54.6 Å². The van der Waals surface area contributed by atoms with Crippen molar-refractivity contribution >= 4 is 28.5 Å². The number of carbonyl (C=O) groups is 2. The molecule has 2 saturated heterocycles. The van der Waals surface area contributed by atoms with E-state index in [1.165, 1.54) is 4.90 Å². The molecule has 4 aromatic rings. The van der Waals surface area contributed by atoms with E-state index in [9.17, 15) is 14.0 Å². The molecule has 2 fully saturated rings. The first-order chi connectivity index (χ1) is 21.8. The van der Waals surface area contributed by atoms with Crippen molar-refractivity contribution in [2.24, 2.45) is 11.7 Å². The fraction of sp³-hybridized carbons (Fsp3) is 0.438. The quantitative estimate of drug-likeness (QED) is 0.316. The highest BCUT2D eigenvalue weighted by Crippen LogP contribution is 2.41. The Morgan fingerprint density at radius 1 is 1.11 bits per heavy atom. The predicted molar refractivity (Wildman–Crippen MR) is 163 cm³/mol. The van der Waals surface area contributed by atoms with Gasteiger partial charge >= 0.3 is 0 Å². The molecule has 7 rings (SSSR count). The third kappa shape index (κ3) is 5.50. The van der Waals surface area contributed by atoms with Crippen LogP contribution in [-0.4, -0.2) is 80.4 Å². The molecule has 12 nitrogen and oxygen atoms in total. The Labute approximate surface area is 259 Å². The Bertz CT molecular complexity index is 1760. The van der Waals surface area contributed by atoms with E-state index in [1.807, 2.05) is 16.8 Å². The molecule has 1 aromatic carbocycles. The van der Waals surface area contributed by atoms with Gasteiger partial charge in [0.05, 0.1) is 67.4 Å². The van der Waals surface area contributed by atoms with Crippen LogP contribution in [0.5, 0.6) is 5.75 Å². The largest absolute Gasteiger partial charge is 0.482 e. The number of hydrogen-bond donors (Lipinski definition) is 1. The van der Waals surface area contributed by atoms with Crippen molar-refractivity contribution in [3.05, 3.63) is 59.7 Å². The number of nitrogens with two attached hydrogens (primary N) is 1. The number of carbonyl (C=O) groups excluding carboxylic acids is 2. The first kappa shape index (κ1) is 29.2. The van der Waals surface area contributed by atoms with Crippen molar-refractivity contribution in [3.63, 3.8) is 0 Å². The zero-order valence-corrected chi connectivity index (χ0v) is 25.3. The summed E-state index contributed by atoms with van der Waals surface area (Å²) in [5.74, 6) is -0.414. The lowest BCUT2D eigenvalue weighted by Gasteiger charge is -2.41. The highest BCUT2D eigenvalue weighted by molar-refractivity contribution is 6.09. The van der Waals surface area contributed by atoms with Gasteiger partial charge in [-0.05, 0) is 42.9 Å². The highest BCUT2D eigenvalue weighted by Gasteiger charge is 2.33. The van der Waals surface area contributed by atoms with Gasteiger partial charge in [0.2, 0.25) is 0 Å². The molecule has 234 valence electrons. The standard InChI is InChI=1S/C32H35FN8O4/c1-18(2)9-24-30(31(34)43)29(23-13-37-41(32(23)38-24)21-5-7-39(8-6-21)22-15-44-16-22)19-3-4-25-26(10-19)45-17-28(42)40(25)14-27-35-11-20(33)12-36-27/h3-4,10-13,18,21-22H,5-9,14-17H2,1-2H3,(H2,34,43). The second kappa shape index (κ2) is 11.8. The van der Waals surface area contributed by atoms with E-state index < -0.39 is 11.7 Å². The van der Waals surface area contributed by atoms with E-state index in [4.69, 9.17) is 25.3 Å². The summed E-state index contributed by atoms with van der Waals surface area (Å²) in [4.78, 5) is 43.0. The number of likely N-dealkylation sites (tertiary alicyclic amines) is 1. The zero-order valence-electron chi connectivity index (χ0n) is 25.3. The van der Waals surface area contributed by atoms with Crippen molar-refractivity contribution in [1.29, 1.82) is 0 Å². The fourth-order valence-electron chi connectivity index (χ4n) is 6.50. The van der Waals surface area contributed by atoms with Crippen LogP contribution in [0.15, 0.2) is 36.8 Å². The molecular formula is C32H35FN8O4. The Morgan fingerprint density at radius 2 is 1.87 bits per heavy atom. The number of fused-ring (bicyclic) bond motifs is 2. The summed E-state index contributed by atoms with van der Waals surface area (Å²) in [6.45, 7) is 7.55. The summed E-state index contributed by atoms with van der Waals surface area (Å²) in [6, 6.07) is 6.11. The van der Waals surface area contributed by atoms with E-state index >= 15 is 0 Å². The van der Waals surface area contributed by atoms with Crippen LogP contribution in [0.4, 0.5) is 10.1 Å². The molecule has 45 heavy (non-hydrogen) atoms. The number of rotatable bonds is 8. The van der Waals surface area contributed by atoms with Gasteiger partial charge in [0, 0.05) is 24.0 Å². The van der Waals surface area contributed by atoms with Gasteiger partial charge in [-0.3, -0.25) is 19.4 Å². The second-order valence-corrected chi connectivity index (χ2v) is 12.3. The molecule has 0 spiro atoms. The average molecular weight is 615 g/mol. The number of ether oxygens (including phenoxy) is 2. The Hall–Kier alpha value is -4.49. The van der Waals surface area contributed by atoms with Crippen molar-refractivity contribution in [2.75, 3.05) is 37.8 Å². The summed E-state index contributed by atoms with van der Waals surface area (Å²) in [6.07, 6.45) is 6.36. The molecule has 13 heteroatoms. The predicted octanol–water partition coefficient (Wildman–Crippen LogP) is 3.29. The van der Waals surface area contributed by atoms with Crippen molar-refractivity contribution in [2.45, 2.75) is 51.7 Å². The van der Waals surface area contributed by atoms with Crippen LogP contribution in [0, 0.1) is 11.7 Å². The zero-order chi connectivity index (χ0) is 31.2. The molecule has 0 saturated carbocycles. The summed E-state index contributed by atoms with van der Waals surface area (Å²) < 4.78 is 26.7. The van der Waals surface area contributed by atoms with Crippen LogP contribution in [0.3, 0.4) is 0 Å². The second-order valence-electron chi connectivity index (χ2n) is 12.3. The molecule has 6 heterocycles. The number of hydrogen-bond acceptors (Lipinski definition) is 9. The molecule has 2 amide bonds. The molecular weight excluding hydrogens is 579 g/mol. The van der Waals surface area contributed by atoms with Gasteiger partial charge in [0.15, 0.2) is 18.1 Å². The lowest BCUT2D eigenvalue weighted by Crippen LogP contribution is -2.51. The Morgan fingerprint density at radius 3 is 2.53 bits per heavy atom. The van der Waals surface area contributed by atoms with Crippen LogP contribution < -0.4 is 15.4 Å². The summed E-state index contributed by atoms with van der Waals surface area (Å²) in [7, 11) is 0. The molecule has 3 aliphatic rings. The normalized spacial score (nSPS) is 17.9. The first-order valence-corrected chi connectivity index (χ1v) is 15.3. The van der Waals surface area contributed by atoms with Crippen LogP contribution in [0.2, 0.25) is 0 Å². The number of anilines is 1. The number of aromatic nitrogens is 5. The van der Waals surface area contributed by atoms with Gasteiger partial charge in [-0.25, -0.2) is 24.0 Å². The number of pyridine rings is 1. The molecule has 0 atom stereocenters. The lowest BCUT2D eigenvalue weighted by atomic mass is 9.92. The minimum atomic E-state index is -0.567. The monoisotopic (exact) mass is 614 g/mol. The highest BCUT2D eigenvalue weighted by atomic mass is 19.1. The Balaban J connectivity index is 1.30. The Kier molecular flexibility index (Phi) is 7.66. The summed E-state index contributed by atoms with van der Waals surface area (Å²) >= 11 is 0. The minimum absolute atomic E-state index is 0.0543. The fourth-order valence-corrected chi connectivity index (χ4v) is 6.50. The van der Waals surface area contributed by atoms with E-state index in [-0.39, 0.29) is 31.0 Å². The van der Waals surface area contributed by atoms with Crippen LogP contribution in [0.25, 0.3) is 22.2 Å². The molecule has 3 aliphatic heterocycles. The molecule has 0 unspecified atom stereocenters. The minimum Gasteiger partial charge on any atom is -0.482 e. The third-order valence-electron chi connectivity index (χ3n) is 8.81. The van der Waals surface area contributed by atoms with E-state index in [1.54, 1.807) is 12.3 Å². The van der Waals surface area contributed by atoms with Gasteiger partial charge in [-0.2, -0.15) is 5.10 Å². The molecule has 0 aliphatic carbocycles. The maximum Gasteiger partial charge on any atom is 0.265 e. The maximum absolute atomic E-state index is 13.4. The van der Waals surface area contributed by atoms with Gasteiger partial charge in [0.1, 0.15) is 11.6 Å². The van der Waals surface area contributed by atoms with Crippen molar-refractivity contribution in [1.82, 2.24) is 29.6 Å². The van der Waals surface area contributed by atoms with Crippen LogP contribution in [-0.2, 0) is 22.5 Å². The number of benzene rings is 1. The van der Waals surface area contributed by atoms with Gasteiger partial charge in [-0.1, -0.05) is 19.9 Å². The topological polar surface area (TPSA) is 142 Å². The van der Waals surface area contributed by atoms with Crippen molar-refractivity contribution < 1.29 is 23.5 Å². The van der Waals surface area contributed by atoms with E-state index in [0.29, 0.717) is 52.1 Å². The summed E-state index contributed by atoms with van der Waals surface area (Å²) in [5, 5.41) is 5.56. The molecule has 3 aromatic heterocycles. The third-order valence-corrected chi connectivity index (χ3v) is 8.81. The molecule has 0 radical (unpaired) electrons. The summed E-state index contributed by atoms with van der Waals surface area (Å²) in [5.41, 5.74) is 9.65. The number of nitrogens with zero attached hydrogens (tertiary/aromatic N) is 7. The van der Waals surface area contributed by atoms with Crippen LogP contribution >= 0.6 is 0 Å². The van der Waals surface area contributed by atoms with E-state index in [2.05, 4.69) is 28.7 Å². The molecule has 2 N–H and O–H groups in total. The molecule has 0 bridgehead atoms. The number of primary amides is 1. The average Bonchev–Trinajstić information content (AvgIpc) is 3.41. The first-order valence-electron chi connectivity index (χ1n) is 15.3. The number of halogens is 1. The number of amides is 2. The van der Waals surface area contributed by atoms with Gasteiger partial charge < -0.3 is 15.2 Å². The number of piperidine rings is 1. The van der Waals surface area contributed by atoms with Gasteiger partial charge in [0.25, 0.3) is 11.8 Å². The SMILES string of the molecule is CC(C)Cc1nc2c(cnn2C2CCN(C3COC3)CC2)c(-c2ccc3c(c2)OCC(=O)N3Cc2ncc(F)cn2)c1C(N)=O. The van der Waals surface area contributed by atoms with E-state index in [0.717, 1.165) is 62.6 Å².